The Labute approximate surface area is 202 Å². The number of aryl methyl sites for hydroxylation is 1. The number of rotatable bonds is 5. The molecule has 174 valence electrons. The summed E-state index contributed by atoms with van der Waals surface area (Å²) in [6, 6.07) is 23.6. The van der Waals surface area contributed by atoms with Crippen molar-refractivity contribution in [1.29, 1.82) is 0 Å². The van der Waals surface area contributed by atoms with Gasteiger partial charge in [0.2, 0.25) is 5.88 Å². The van der Waals surface area contributed by atoms with Gasteiger partial charge in [-0.1, -0.05) is 47.6 Å². The molecule has 0 bridgehead atoms. The van der Waals surface area contributed by atoms with Crippen LogP contribution in [0.5, 0.6) is 0 Å². The zero-order valence-electron chi connectivity index (χ0n) is 19.6. The van der Waals surface area contributed by atoms with E-state index in [-0.39, 0.29) is 11.5 Å². The molecule has 0 fully saturated rings. The number of fused-ring (bicyclic) bond motifs is 2. The predicted octanol–water partition coefficient (Wildman–Crippen LogP) is 6.45. The number of aromatic nitrogens is 1. The van der Waals surface area contributed by atoms with Crippen molar-refractivity contribution in [2.45, 2.75) is 33.0 Å². The van der Waals surface area contributed by atoms with Crippen molar-refractivity contribution in [1.82, 2.24) is 5.16 Å². The molecule has 0 radical (unpaired) electrons. The SMILES string of the molecule is Cc1cc(C(C)Nc2ccccc2-c2ccno2)c2oc(N3Cc4ccccc4C3)cc(=O)c2c1. The monoisotopic (exact) mass is 463 g/mol. The quantitative estimate of drug-likeness (QED) is 0.323. The van der Waals surface area contributed by atoms with Gasteiger partial charge in [-0.15, -0.1) is 0 Å². The normalized spacial score (nSPS) is 13.7. The maximum atomic E-state index is 13.2. The molecule has 1 N–H and O–H groups in total. The third-order valence-electron chi connectivity index (χ3n) is 6.61. The van der Waals surface area contributed by atoms with Crippen molar-refractivity contribution < 1.29 is 8.94 Å². The number of benzene rings is 3. The van der Waals surface area contributed by atoms with Gasteiger partial charge < -0.3 is 19.2 Å². The van der Waals surface area contributed by atoms with Crippen LogP contribution in [-0.4, -0.2) is 5.16 Å². The lowest BCUT2D eigenvalue weighted by Gasteiger charge is -2.21. The molecule has 3 heterocycles. The molecule has 5 aromatic rings. The molecule has 0 saturated heterocycles. The Kier molecular flexibility index (Phi) is 5.14. The standard InChI is InChI=1S/C29H25N3O3/c1-18-13-23(19(2)31-25-10-6-5-9-22(25)27-11-12-30-35-27)29-24(14-18)26(33)15-28(34-29)32-16-20-7-3-4-8-21(20)17-32/h3-15,19,31H,16-17H2,1-2H3. The third-order valence-corrected chi connectivity index (χ3v) is 6.61. The zero-order valence-corrected chi connectivity index (χ0v) is 19.6. The Balaban J connectivity index is 1.40. The fourth-order valence-electron chi connectivity index (χ4n) is 4.88. The summed E-state index contributed by atoms with van der Waals surface area (Å²) >= 11 is 0. The molecule has 0 aliphatic carbocycles. The van der Waals surface area contributed by atoms with Gasteiger partial charge in [-0.25, -0.2) is 0 Å². The van der Waals surface area contributed by atoms with E-state index in [1.165, 1.54) is 11.1 Å². The van der Waals surface area contributed by atoms with Crippen molar-refractivity contribution in [3.8, 4) is 11.3 Å². The number of hydrogen-bond donors (Lipinski definition) is 1. The van der Waals surface area contributed by atoms with Gasteiger partial charge in [-0.2, -0.15) is 0 Å². The van der Waals surface area contributed by atoms with Crippen LogP contribution in [-0.2, 0) is 13.1 Å². The van der Waals surface area contributed by atoms with Crippen LogP contribution in [0.4, 0.5) is 11.6 Å². The Morgan fingerprint density at radius 2 is 1.71 bits per heavy atom. The van der Waals surface area contributed by atoms with E-state index in [1.54, 1.807) is 12.3 Å². The number of para-hydroxylation sites is 1. The minimum Gasteiger partial charge on any atom is -0.440 e. The molecular formula is C29H25N3O3. The van der Waals surface area contributed by atoms with E-state index in [0.717, 1.165) is 35.5 Å². The second-order valence-corrected chi connectivity index (χ2v) is 9.09. The summed E-state index contributed by atoms with van der Waals surface area (Å²) in [6.07, 6.45) is 1.64. The molecule has 3 aromatic carbocycles. The summed E-state index contributed by atoms with van der Waals surface area (Å²) in [5.41, 5.74) is 6.89. The molecule has 0 spiro atoms. The minimum absolute atomic E-state index is 0.0311. The molecule has 35 heavy (non-hydrogen) atoms. The lowest BCUT2D eigenvalue weighted by Crippen LogP contribution is -2.17. The van der Waals surface area contributed by atoms with E-state index in [2.05, 4.69) is 40.5 Å². The van der Waals surface area contributed by atoms with Crippen molar-refractivity contribution in [3.63, 3.8) is 0 Å². The molecule has 0 amide bonds. The summed E-state index contributed by atoms with van der Waals surface area (Å²) in [7, 11) is 0. The average molecular weight is 464 g/mol. The van der Waals surface area contributed by atoms with Gasteiger partial charge in [0.15, 0.2) is 11.2 Å². The van der Waals surface area contributed by atoms with Crippen LogP contribution in [0.15, 0.2) is 92.7 Å². The summed E-state index contributed by atoms with van der Waals surface area (Å²) in [4.78, 5) is 15.3. The topological polar surface area (TPSA) is 71.5 Å². The molecular weight excluding hydrogens is 438 g/mol. The first kappa shape index (κ1) is 21.2. The van der Waals surface area contributed by atoms with Crippen LogP contribution in [0.3, 0.4) is 0 Å². The van der Waals surface area contributed by atoms with Crippen molar-refractivity contribution in [2.75, 3.05) is 10.2 Å². The van der Waals surface area contributed by atoms with Crippen LogP contribution < -0.4 is 15.6 Å². The number of nitrogens with zero attached hydrogens (tertiary/aromatic N) is 2. The number of nitrogens with one attached hydrogen (secondary N) is 1. The molecule has 6 nitrogen and oxygen atoms in total. The third kappa shape index (κ3) is 3.87. The summed E-state index contributed by atoms with van der Waals surface area (Å²) in [5, 5.41) is 8.03. The molecule has 6 rings (SSSR count). The molecule has 1 aliphatic heterocycles. The highest BCUT2D eigenvalue weighted by molar-refractivity contribution is 5.83. The Bertz CT molecular complexity index is 1560. The summed E-state index contributed by atoms with van der Waals surface area (Å²) in [5.74, 6) is 1.29. The second kappa shape index (κ2) is 8.47. The van der Waals surface area contributed by atoms with E-state index in [9.17, 15) is 4.79 Å². The summed E-state index contributed by atoms with van der Waals surface area (Å²) in [6.45, 7) is 5.53. The molecule has 1 aliphatic rings. The van der Waals surface area contributed by atoms with Crippen LogP contribution in [0.25, 0.3) is 22.3 Å². The molecule has 1 unspecified atom stereocenters. The predicted molar refractivity (Wildman–Crippen MR) is 138 cm³/mol. The number of anilines is 2. The fraction of sp³-hybridized carbons (Fsp3) is 0.172. The minimum atomic E-state index is -0.129. The van der Waals surface area contributed by atoms with E-state index < -0.39 is 0 Å². The van der Waals surface area contributed by atoms with Crippen LogP contribution in [0.2, 0.25) is 0 Å². The first-order chi connectivity index (χ1) is 17.1. The smallest absolute Gasteiger partial charge is 0.200 e. The fourth-order valence-corrected chi connectivity index (χ4v) is 4.88. The van der Waals surface area contributed by atoms with Gasteiger partial charge in [0.25, 0.3) is 0 Å². The molecule has 0 saturated carbocycles. The average Bonchev–Trinajstić information content (AvgIpc) is 3.54. The maximum Gasteiger partial charge on any atom is 0.200 e. The molecule has 1 atom stereocenters. The first-order valence-electron chi connectivity index (χ1n) is 11.7. The maximum absolute atomic E-state index is 13.2. The van der Waals surface area contributed by atoms with Gasteiger partial charge >= 0.3 is 0 Å². The van der Waals surface area contributed by atoms with Crippen molar-refractivity contribution >= 4 is 22.5 Å². The largest absolute Gasteiger partial charge is 0.440 e. The highest BCUT2D eigenvalue weighted by Crippen LogP contribution is 2.35. The van der Waals surface area contributed by atoms with E-state index >= 15 is 0 Å². The Morgan fingerprint density at radius 3 is 2.46 bits per heavy atom. The van der Waals surface area contributed by atoms with Gasteiger partial charge in [0.1, 0.15) is 5.58 Å². The van der Waals surface area contributed by atoms with Crippen LogP contribution in [0, 0.1) is 6.92 Å². The lowest BCUT2D eigenvalue weighted by atomic mass is 10.0. The van der Waals surface area contributed by atoms with Crippen LogP contribution in [0.1, 0.15) is 35.2 Å². The van der Waals surface area contributed by atoms with Gasteiger partial charge in [0, 0.05) is 42.0 Å². The lowest BCUT2D eigenvalue weighted by molar-refractivity contribution is 0.432. The number of hydrogen-bond acceptors (Lipinski definition) is 6. The molecule has 6 heteroatoms. The van der Waals surface area contributed by atoms with Crippen LogP contribution >= 0.6 is 0 Å². The Hall–Kier alpha value is -4.32. The van der Waals surface area contributed by atoms with E-state index in [0.29, 0.717) is 22.6 Å². The molecule has 2 aromatic heterocycles. The van der Waals surface area contributed by atoms with E-state index in [1.807, 2.05) is 55.5 Å². The van der Waals surface area contributed by atoms with Crippen molar-refractivity contribution in [2.24, 2.45) is 0 Å². The van der Waals surface area contributed by atoms with Gasteiger partial charge in [-0.05, 0) is 48.7 Å². The second-order valence-electron chi connectivity index (χ2n) is 9.09. The zero-order chi connectivity index (χ0) is 23.9. The van der Waals surface area contributed by atoms with Gasteiger partial charge in [-0.3, -0.25) is 4.79 Å². The highest BCUT2D eigenvalue weighted by Gasteiger charge is 2.23. The van der Waals surface area contributed by atoms with E-state index in [4.69, 9.17) is 8.94 Å². The highest BCUT2D eigenvalue weighted by atomic mass is 16.5. The Morgan fingerprint density at radius 1 is 0.971 bits per heavy atom. The first-order valence-corrected chi connectivity index (χ1v) is 11.7. The van der Waals surface area contributed by atoms with Crippen molar-refractivity contribution in [3.05, 3.63) is 111 Å². The van der Waals surface area contributed by atoms with Gasteiger partial charge in [0.05, 0.1) is 17.6 Å². The summed E-state index contributed by atoms with van der Waals surface area (Å²) < 4.78 is 11.9.